The summed E-state index contributed by atoms with van der Waals surface area (Å²) in [5.74, 6) is 1.18. The minimum Gasteiger partial charge on any atom is -0.361 e. The van der Waals surface area contributed by atoms with E-state index in [4.69, 9.17) is 17.2 Å². The summed E-state index contributed by atoms with van der Waals surface area (Å²) in [6.45, 7) is 11.9. The van der Waals surface area contributed by atoms with Crippen molar-refractivity contribution in [1.29, 1.82) is 0 Å². The topological polar surface area (TPSA) is 87.8 Å². The minimum atomic E-state index is -0.110. The highest BCUT2D eigenvalue weighted by Gasteiger charge is 2.28. The summed E-state index contributed by atoms with van der Waals surface area (Å²) in [4.78, 5) is 24.6. The maximum Gasteiger partial charge on any atom is 0.241 e. The Kier molecular flexibility index (Phi) is 9.27. The zero-order valence-electron chi connectivity index (χ0n) is 22.6. The molecule has 1 unspecified atom stereocenters. The number of anilines is 2. The van der Waals surface area contributed by atoms with Gasteiger partial charge in [0, 0.05) is 70.0 Å². The Balaban J connectivity index is 1.14. The molecular formula is C28H42N8OS. The average Bonchev–Trinajstić information content (AvgIpc) is 3.22. The quantitative estimate of drug-likeness (QED) is 0.412. The van der Waals surface area contributed by atoms with Crippen molar-refractivity contribution in [1.82, 2.24) is 30.7 Å². The summed E-state index contributed by atoms with van der Waals surface area (Å²) < 4.78 is 0. The van der Waals surface area contributed by atoms with Gasteiger partial charge in [-0.1, -0.05) is 12.8 Å². The van der Waals surface area contributed by atoms with E-state index in [9.17, 15) is 4.79 Å². The van der Waals surface area contributed by atoms with E-state index < -0.39 is 0 Å². The van der Waals surface area contributed by atoms with Gasteiger partial charge in [-0.25, -0.2) is 4.98 Å². The second-order valence-electron chi connectivity index (χ2n) is 10.7. The van der Waals surface area contributed by atoms with Crippen LogP contribution < -0.4 is 26.2 Å². The number of nitrogens with zero attached hydrogens (tertiary/aromatic N) is 4. The lowest BCUT2D eigenvalue weighted by Gasteiger charge is -2.38. The van der Waals surface area contributed by atoms with Crippen molar-refractivity contribution in [3.63, 3.8) is 0 Å². The van der Waals surface area contributed by atoms with E-state index in [-0.39, 0.29) is 11.9 Å². The molecule has 1 aromatic heterocycles. The number of piperazine rings is 2. The third-order valence-corrected chi connectivity index (χ3v) is 8.17. The highest BCUT2D eigenvalue weighted by atomic mass is 32.1. The molecule has 3 fully saturated rings. The number of carbonyl (C=O) groups is 1. The standard InChI is InChI=1S/C28H42N8OS/c1-21-18-26(35-14-16-36(17-15-35)27(37)25-20-29-8-9-30-25)33-24-7-6-22(19-23(21)24)32-28(38)31-10-13-34-11-4-2-3-5-12-34/h6-7,18-19,25,29-30H,2-5,8-17,20H2,1H3,(H2,31,32,38). The fraction of sp³-hybridized carbons (Fsp3) is 0.607. The second kappa shape index (κ2) is 13.0. The first-order chi connectivity index (χ1) is 18.6. The van der Waals surface area contributed by atoms with E-state index in [0.717, 1.165) is 74.8 Å². The number of thiocarbonyl (C=S) groups is 1. The molecule has 5 rings (SSSR count). The lowest BCUT2D eigenvalue weighted by atomic mass is 10.1. The van der Waals surface area contributed by atoms with Crippen molar-refractivity contribution in [2.75, 3.05) is 82.2 Å². The van der Waals surface area contributed by atoms with Crippen molar-refractivity contribution >= 4 is 45.6 Å². The van der Waals surface area contributed by atoms with Gasteiger partial charge in [0.15, 0.2) is 5.11 Å². The van der Waals surface area contributed by atoms with Gasteiger partial charge in [0.1, 0.15) is 5.82 Å². The second-order valence-corrected chi connectivity index (χ2v) is 11.1. The van der Waals surface area contributed by atoms with Gasteiger partial charge in [0.2, 0.25) is 5.91 Å². The Bertz CT molecular complexity index is 1110. The largest absolute Gasteiger partial charge is 0.361 e. The summed E-state index contributed by atoms with van der Waals surface area (Å²) in [6.07, 6.45) is 5.33. The number of amides is 1. The van der Waals surface area contributed by atoms with E-state index in [1.54, 1.807) is 0 Å². The van der Waals surface area contributed by atoms with Crippen molar-refractivity contribution in [3.05, 3.63) is 29.8 Å². The van der Waals surface area contributed by atoms with Crippen molar-refractivity contribution in [3.8, 4) is 0 Å². The Hall–Kier alpha value is -2.53. The Labute approximate surface area is 231 Å². The number of aromatic nitrogens is 1. The molecule has 1 aromatic carbocycles. The summed E-state index contributed by atoms with van der Waals surface area (Å²) in [5, 5.41) is 15.1. The number of carbonyl (C=O) groups excluding carboxylic acids is 1. The number of rotatable bonds is 6. The van der Waals surface area contributed by atoms with Gasteiger partial charge in [0.05, 0.1) is 11.6 Å². The molecule has 9 nitrogen and oxygen atoms in total. The van der Waals surface area contributed by atoms with Crippen LogP contribution >= 0.6 is 12.2 Å². The van der Waals surface area contributed by atoms with Gasteiger partial charge >= 0.3 is 0 Å². The maximum absolute atomic E-state index is 12.8. The van der Waals surface area contributed by atoms with Crippen LogP contribution in [-0.4, -0.2) is 104 Å². The van der Waals surface area contributed by atoms with Crippen molar-refractivity contribution < 1.29 is 4.79 Å². The van der Waals surface area contributed by atoms with Crippen LogP contribution in [0.25, 0.3) is 10.9 Å². The average molecular weight is 539 g/mol. The molecular weight excluding hydrogens is 496 g/mol. The Morgan fingerprint density at radius 3 is 2.58 bits per heavy atom. The van der Waals surface area contributed by atoms with Gasteiger partial charge in [-0.15, -0.1) is 0 Å². The summed E-state index contributed by atoms with van der Waals surface area (Å²) in [7, 11) is 0. The smallest absolute Gasteiger partial charge is 0.241 e. The van der Waals surface area contributed by atoms with Gasteiger partial charge in [-0.2, -0.15) is 0 Å². The van der Waals surface area contributed by atoms with Crippen LogP contribution in [-0.2, 0) is 4.79 Å². The predicted octanol–water partition coefficient (Wildman–Crippen LogP) is 1.92. The van der Waals surface area contributed by atoms with Crippen LogP contribution in [0, 0.1) is 6.92 Å². The number of fused-ring (bicyclic) bond motifs is 1. The highest BCUT2D eigenvalue weighted by molar-refractivity contribution is 7.80. The number of hydrogen-bond donors (Lipinski definition) is 4. The molecule has 0 radical (unpaired) electrons. The van der Waals surface area contributed by atoms with E-state index in [1.165, 1.54) is 44.3 Å². The molecule has 0 saturated carbocycles. The van der Waals surface area contributed by atoms with Gasteiger partial charge in [-0.3, -0.25) is 4.79 Å². The van der Waals surface area contributed by atoms with E-state index in [1.807, 2.05) is 11.0 Å². The maximum atomic E-state index is 12.8. The molecule has 3 aliphatic heterocycles. The first-order valence-corrected chi connectivity index (χ1v) is 14.6. The van der Waals surface area contributed by atoms with Crippen LogP contribution in [0.15, 0.2) is 24.3 Å². The number of pyridine rings is 1. The molecule has 4 N–H and O–H groups in total. The van der Waals surface area contributed by atoms with Gasteiger partial charge < -0.3 is 36.0 Å². The molecule has 206 valence electrons. The van der Waals surface area contributed by atoms with Gasteiger partial charge in [0.25, 0.3) is 0 Å². The fourth-order valence-corrected chi connectivity index (χ4v) is 5.90. The molecule has 3 saturated heterocycles. The summed E-state index contributed by atoms with van der Waals surface area (Å²) >= 11 is 5.56. The zero-order chi connectivity index (χ0) is 26.3. The molecule has 2 aromatic rings. The molecule has 4 heterocycles. The Morgan fingerprint density at radius 2 is 1.84 bits per heavy atom. The first kappa shape index (κ1) is 27.1. The monoisotopic (exact) mass is 538 g/mol. The minimum absolute atomic E-state index is 0.110. The molecule has 0 bridgehead atoms. The lowest BCUT2D eigenvalue weighted by Crippen LogP contribution is -2.59. The van der Waals surface area contributed by atoms with E-state index in [2.05, 4.69) is 56.2 Å². The number of benzene rings is 1. The van der Waals surface area contributed by atoms with Crippen LogP contribution in [0.4, 0.5) is 11.5 Å². The molecule has 38 heavy (non-hydrogen) atoms. The highest BCUT2D eigenvalue weighted by Crippen LogP contribution is 2.26. The summed E-state index contributed by atoms with van der Waals surface area (Å²) in [6, 6.07) is 8.29. The van der Waals surface area contributed by atoms with E-state index >= 15 is 0 Å². The van der Waals surface area contributed by atoms with Crippen LogP contribution in [0.5, 0.6) is 0 Å². The molecule has 10 heteroatoms. The normalized spacial score (nSPS) is 21.2. The lowest BCUT2D eigenvalue weighted by molar-refractivity contribution is -0.133. The fourth-order valence-electron chi connectivity index (χ4n) is 5.68. The predicted molar refractivity (Wildman–Crippen MR) is 159 cm³/mol. The third-order valence-electron chi connectivity index (χ3n) is 7.93. The van der Waals surface area contributed by atoms with Crippen LogP contribution in [0.3, 0.4) is 0 Å². The number of hydrogen-bond acceptors (Lipinski definition) is 7. The Morgan fingerprint density at radius 1 is 1.05 bits per heavy atom. The van der Waals surface area contributed by atoms with E-state index in [0.29, 0.717) is 11.7 Å². The number of likely N-dealkylation sites (tertiary alicyclic amines) is 1. The van der Waals surface area contributed by atoms with Crippen molar-refractivity contribution in [2.24, 2.45) is 0 Å². The molecule has 0 aliphatic carbocycles. The molecule has 0 spiro atoms. The molecule has 1 atom stereocenters. The molecule has 1 amide bonds. The van der Waals surface area contributed by atoms with Crippen molar-refractivity contribution in [2.45, 2.75) is 38.6 Å². The number of aryl methyl sites for hydroxylation is 1. The number of nitrogens with one attached hydrogen (secondary N) is 4. The van der Waals surface area contributed by atoms with Crippen LogP contribution in [0.1, 0.15) is 31.2 Å². The third kappa shape index (κ3) is 6.91. The van der Waals surface area contributed by atoms with Crippen LogP contribution in [0.2, 0.25) is 0 Å². The first-order valence-electron chi connectivity index (χ1n) is 14.2. The SMILES string of the molecule is Cc1cc(N2CCN(C(=O)C3CNCCN3)CC2)nc2ccc(NC(=S)NCCN3CCCCCC3)cc12. The summed E-state index contributed by atoms with van der Waals surface area (Å²) in [5.41, 5.74) is 3.13. The molecule has 3 aliphatic rings. The van der Waals surface area contributed by atoms with Gasteiger partial charge in [-0.05, 0) is 74.9 Å². The zero-order valence-corrected chi connectivity index (χ0v) is 23.4.